The van der Waals surface area contributed by atoms with Gasteiger partial charge in [-0.05, 0) is 32.4 Å². The fourth-order valence-corrected chi connectivity index (χ4v) is 3.71. The van der Waals surface area contributed by atoms with Crippen LogP contribution in [0.1, 0.15) is 32.3 Å². The Labute approximate surface area is 157 Å². The number of hydrogen-bond donors (Lipinski definition) is 1. The van der Waals surface area contributed by atoms with Gasteiger partial charge in [0, 0.05) is 17.7 Å². The van der Waals surface area contributed by atoms with E-state index in [1.165, 1.54) is 7.11 Å². The second-order valence-corrected chi connectivity index (χ2v) is 6.65. The molecule has 0 aromatic heterocycles. The fourth-order valence-electron chi connectivity index (χ4n) is 3.29. The molecule has 1 aliphatic heterocycles. The Morgan fingerprint density at radius 2 is 1.96 bits per heavy atom. The molecule has 1 heterocycles. The number of nitrogens with one attached hydrogen (secondary N) is 1. The Hall–Kier alpha value is -1.72. The predicted octanol–water partition coefficient (Wildman–Crippen LogP) is 3.70. The van der Waals surface area contributed by atoms with Crippen molar-refractivity contribution >= 4 is 35.1 Å². The summed E-state index contributed by atoms with van der Waals surface area (Å²) >= 11 is 12.6. The topological polar surface area (TPSA) is 64.6 Å². The van der Waals surface area contributed by atoms with Gasteiger partial charge in [0.05, 0.1) is 35.3 Å². The van der Waals surface area contributed by atoms with E-state index in [0.717, 1.165) is 0 Å². The average Bonchev–Trinajstić information content (AvgIpc) is 2.56. The van der Waals surface area contributed by atoms with E-state index in [2.05, 4.69) is 5.32 Å². The first kappa shape index (κ1) is 19.6. The normalized spacial score (nSPS) is 23.0. The van der Waals surface area contributed by atoms with Crippen molar-refractivity contribution in [3.05, 3.63) is 45.1 Å². The van der Waals surface area contributed by atoms with Crippen LogP contribution in [0, 0.1) is 5.92 Å². The van der Waals surface area contributed by atoms with Crippen LogP contribution in [0.15, 0.2) is 29.5 Å². The lowest BCUT2D eigenvalue weighted by Gasteiger charge is -2.38. The van der Waals surface area contributed by atoms with E-state index in [1.54, 1.807) is 32.0 Å². The number of halogens is 2. The van der Waals surface area contributed by atoms with Gasteiger partial charge in [-0.3, -0.25) is 4.79 Å². The molecule has 5 nitrogen and oxygen atoms in total. The number of methoxy groups -OCH3 is 1. The van der Waals surface area contributed by atoms with E-state index in [1.807, 2.05) is 6.92 Å². The van der Waals surface area contributed by atoms with Crippen molar-refractivity contribution in [1.29, 1.82) is 0 Å². The second kappa shape index (κ2) is 8.11. The van der Waals surface area contributed by atoms with Crippen molar-refractivity contribution in [3.63, 3.8) is 0 Å². The minimum Gasteiger partial charge on any atom is -0.469 e. The van der Waals surface area contributed by atoms with E-state index >= 15 is 0 Å². The summed E-state index contributed by atoms with van der Waals surface area (Å²) in [7, 11) is 1.32. The molecule has 0 bridgehead atoms. The molecule has 0 spiro atoms. The highest BCUT2D eigenvalue weighted by Gasteiger charge is 2.45. The minimum atomic E-state index is -0.649. The van der Waals surface area contributed by atoms with Gasteiger partial charge < -0.3 is 14.8 Å². The van der Waals surface area contributed by atoms with Crippen LogP contribution < -0.4 is 5.32 Å². The summed E-state index contributed by atoms with van der Waals surface area (Å²) in [6.07, 6.45) is 0. The zero-order chi connectivity index (χ0) is 18.7. The van der Waals surface area contributed by atoms with Crippen molar-refractivity contribution < 1.29 is 19.1 Å². The number of esters is 2. The Kier molecular flexibility index (Phi) is 6.36. The van der Waals surface area contributed by atoms with Crippen LogP contribution in [0.3, 0.4) is 0 Å². The molecule has 2 rings (SSSR count). The first-order valence-corrected chi connectivity index (χ1v) is 8.75. The molecule has 3 atom stereocenters. The van der Waals surface area contributed by atoms with Gasteiger partial charge in [-0.2, -0.15) is 0 Å². The van der Waals surface area contributed by atoms with Crippen LogP contribution >= 0.6 is 23.2 Å². The quantitative estimate of drug-likeness (QED) is 0.800. The molecule has 0 aliphatic carbocycles. The molecule has 7 heteroatoms. The Bertz CT molecular complexity index is 717. The molecule has 1 N–H and O–H groups in total. The van der Waals surface area contributed by atoms with Gasteiger partial charge in [0.2, 0.25) is 0 Å². The van der Waals surface area contributed by atoms with Crippen LogP contribution in [0.25, 0.3) is 0 Å². The molecule has 1 aromatic carbocycles. The lowest BCUT2D eigenvalue weighted by Crippen LogP contribution is -2.47. The van der Waals surface area contributed by atoms with Crippen LogP contribution in [-0.2, 0) is 19.1 Å². The summed E-state index contributed by atoms with van der Waals surface area (Å²) in [5, 5.41) is 3.84. The summed E-state index contributed by atoms with van der Waals surface area (Å²) in [6.45, 7) is 5.59. The molecular weight excluding hydrogens is 365 g/mol. The molecule has 25 heavy (non-hydrogen) atoms. The standard InChI is InChI=1S/C18H21Cl2NO4/c1-5-25-18(23)14-10(3)21-9(2)13(17(22)24-4)15(14)11-7-6-8-12(19)16(11)20/h6-9,13,15,21H,5H2,1-4H3. The summed E-state index contributed by atoms with van der Waals surface area (Å²) in [6, 6.07) is 4.90. The number of rotatable bonds is 4. The number of benzene rings is 1. The first-order chi connectivity index (χ1) is 11.8. The molecule has 1 aliphatic rings. The third kappa shape index (κ3) is 3.77. The zero-order valence-electron chi connectivity index (χ0n) is 14.6. The highest BCUT2D eigenvalue weighted by molar-refractivity contribution is 6.42. The fraction of sp³-hybridized carbons (Fsp3) is 0.444. The van der Waals surface area contributed by atoms with Gasteiger partial charge in [-0.15, -0.1) is 0 Å². The van der Waals surface area contributed by atoms with Gasteiger partial charge in [0.15, 0.2) is 0 Å². The van der Waals surface area contributed by atoms with Gasteiger partial charge in [-0.1, -0.05) is 35.3 Å². The average molecular weight is 386 g/mol. The maximum Gasteiger partial charge on any atom is 0.336 e. The third-order valence-corrected chi connectivity index (χ3v) is 5.18. The van der Waals surface area contributed by atoms with E-state index < -0.39 is 23.8 Å². The molecule has 1 aromatic rings. The smallest absolute Gasteiger partial charge is 0.336 e. The molecule has 0 saturated heterocycles. The molecule has 0 saturated carbocycles. The van der Waals surface area contributed by atoms with E-state index in [9.17, 15) is 9.59 Å². The monoisotopic (exact) mass is 385 g/mol. The lowest BCUT2D eigenvalue weighted by atomic mass is 9.73. The summed E-state index contributed by atoms with van der Waals surface area (Å²) < 4.78 is 10.2. The van der Waals surface area contributed by atoms with E-state index in [4.69, 9.17) is 32.7 Å². The summed E-state index contributed by atoms with van der Waals surface area (Å²) in [5.41, 5.74) is 1.60. The summed E-state index contributed by atoms with van der Waals surface area (Å²) in [4.78, 5) is 25.1. The maximum atomic E-state index is 12.6. The maximum absolute atomic E-state index is 12.6. The lowest BCUT2D eigenvalue weighted by molar-refractivity contribution is -0.147. The van der Waals surface area contributed by atoms with Crippen LogP contribution in [0.5, 0.6) is 0 Å². The van der Waals surface area contributed by atoms with Crippen molar-refractivity contribution in [3.8, 4) is 0 Å². The number of allylic oxidation sites excluding steroid dienone is 1. The van der Waals surface area contributed by atoms with Crippen molar-refractivity contribution in [2.45, 2.75) is 32.7 Å². The largest absolute Gasteiger partial charge is 0.469 e. The van der Waals surface area contributed by atoms with Gasteiger partial charge >= 0.3 is 11.9 Å². The Balaban J connectivity index is 2.69. The van der Waals surface area contributed by atoms with Crippen LogP contribution in [0.4, 0.5) is 0 Å². The Morgan fingerprint density at radius 1 is 1.28 bits per heavy atom. The van der Waals surface area contributed by atoms with Gasteiger partial charge in [0.1, 0.15) is 0 Å². The second-order valence-electron chi connectivity index (χ2n) is 5.86. The van der Waals surface area contributed by atoms with E-state index in [-0.39, 0.29) is 12.6 Å². The molecule has 0 radical (unpaired) electrons. The molecule has 0 fully saturated rings. The number of ether oxygens (including phenoxy) is 2. The van der Waals surface area contributed by atoms with E-state index in [0.29, 0.717) is 26.9 Å². The van der Waals surface area contributed by atoms with Crippen LogP contribution in [-0.4, -0.2) is 31.7 Å². The number of hydrogen-bond acceptors (Lipinski definition) is 5. The van der Waals surface area contributed by atoms with Crippen molar-refractivity contribution in [1.82, 2.24) is 5.32 Å². The first-order valence-electron chi connectivity index (χ1n) is 7.99. The molecule has 3 unspecified atom stereocenters. The SMILES string of the molecule is CCOC(=O)C1=C(C)NC(C)C(C(=O)OC)C1c1cccc(Cl)c1Cl. The molecule has 136 valence electrons. The van der Waals surface area contributed by atoms with Gasteiger partial charge in [-0.25, -0.2) is 4.79 Å². The predicted molar refractivity (Wildman–Crippen MR) is 96.6 cm³/mol. The third-order valence-electron chi connectivity index (χ3n) is 4.34. The van der Waals surface area contributed by atoms with Crippen molar-refractivity contribution in [2.75, 3.05) is 13.7 Å². The minimum absolute atomic E-state index is 0.226. The molecular formula is C18H21Cl2NO4. The molecule has 0 amide bonds. The Morgan fingerprint density at radius 3 is 2.56 bits per heavy atom. The van der Waals surface area contributed by atoms with Gasteiger partial charge in [0.25, 0.3) is 0 Å². The number of carbonyl (C=O) groups excluding carboxylic acids is 2. The zero-order valence-corrected chi connectivity index (χ0v) is 16.1. The van der Waals surface area contributed by atoms with Crippen molar-refractivity contribution in [2.24, 2.45) is 5.92 Å². The summed E-state index contributed by atoms with van der Waals surface area (Å²) in [5.74, 6) is -2.19. The van der Waals surface area contributed by atoms with Crippen LogP contribution in [0.2, 0.25) is 10.0 Å². The highest BCUT2D eigenvalue weighted by Crippen LogP contribution is 2.44. The highest BCUT2D eigenvalue weighted by atomic mass is 35.5. The number of carbonyl (C=O) groups is 2.